The third-order valence-electron chi connectivity index (χ3n) is 6.46. The van der Waals surface area contributed by atoms with E-state index in [9.17, 15) is 0 Å². The lowest BCUT2D eigenvalue weighted by atomic mass is 10.1. The molecule has 0 amide bonds. The van der Waals surface area contributed by atoms with E-state index in [-0.39, 0.29) is 0 Å². The number of hydrogen-bond donors (Lipinski definition) is 0. The van der Waals surface area contributed by atoms with Crippen molar-refractivity contribution in [3.05, 3.63) is 12.2 Å². The van der Waals surface area contributed by atoms with Crippen LogP contribution < -0.4 is 0 Å². The number of hydrogen-bond acceptors (Lipinski definition) is 1. The molecular formula is C26H53BrOSi. The van der Waals surface area contributed by atoms with Crippen LogP contribution in [0.1, 0.15) is 124 Å². The Balaban J connectivity index is 3.25. The highest BCUT2D eigenvalue weighted by molar-refractivity contribution is 9.09. The minimum atomic E-state index is -1.52. The van der Waals surface area contributed by atoms with Gasteiger partial charge in [0.25, 0.3) is 0 Å². The third-order valence-corrected chi connectivity index (χ3v) is 11.6. The van der Waals surface area contributed by atoms with Gasteiger partial charge in [0, 0.05) is 11.9 Å². The van der Waals surface area contributed by atoms with E-state index in [4.69, 9.17) is 4.43 Å². The van der Waals surface area contributed by atoms with Crippen LogP contribution in [-0.4, -0.2) is 20.3 Å². The first-order valence-corrected chi connectivity index (χ1v) is 16.7. The minimum Gasteiger partial charge on any atom is -0.417 e. The van der Waals surface area contributed by atoms with Gasteiger partial charge in [-0.05, 0) is 56.7 Å². The molecule has 0 aromatic rings. The van der Waals surface area contributed by atoms with E-state index >= 15 is 0 Å². The first-order chi connectivity index (χ1) is 13.8. The van der Waals surface area contributed by atoms with E-state index < -0.39 is 8.32 Å². The summed E-state index contributed by atoms with van der Waals surface area (Å²) in [7, 11) is -1.52. The van der Waals surface area contributed by atoms with Crippen molar-refractivity contribution in [2.24, 2.45) is 0 Å². The lowest BCUT2D eigenvalue weighted by molar-refractivity contribution is 0.277. The molecule has 0 spiro atoms. The lowest BCUT2D eigenvalue weighted by Gasteiger charge is -2.36. The molecule has 174 valence electrons. The topological polar surface area (TPSA) is 9.23 Å². The minimum absolute atomic E-state index is 0.343. The van der Waals surface area contributed by atoms with Gasteiger partial charge in [-0.15, -0.1) is 0 Å². The van der Waals surface area contributed by atoms with E-state index in [0.29, 0.717) is 5.04 Å². The molecule has 0 aromatic carbocycles. The van der Waals surface area contributed by atoms with E-state index in [0.717, 1.165) is 6.61 Å². The summed E-state index contributed by atoms with van der Waals surface area (Å²) in [5, 5.41) is 1.51. The highest BCUT2D eigenvalue weighted by Gasteiger charge is 2.36. The van der Waals surface area contributed by atoms with Gasteiger partial charge in [-0.2, -0.15) is 0 Å². The molecule has 0 aliphatic heterocycles. The van der Waals surface area contributed by atoms with Crippen LogP contribution in [0.5, 0.6) is 0 Å². The summed E-state index contributed by atoms with van der Waals surface area (Å²) in [5.41, 5.74) is 0. The summed E-state index contributed by atoms with van der Waals surface area (Å²) in [6, 6.07) is 0. The average molecular weight is 490 g/mol. The Morgan fingerprint density at radius 2 is 1.00 bits per heavy atom. The van der Waals surface area contributed by atoms with Crippen molar-refractivity contribution in [3.63, 3.8) is 0 Å². The first-order valence-electron chi connectivity index (χ1n) is 12.7. The molecule has 29 heavy (non-hydrogen) atoms. The van der Waals surface area contributed by atoms with Crippen LogP contribution in [0, 0.1) is 0 Å². The first kappa shape index (κ1) is 29.4. The normalized spacial score (nSPS) is 12.9. The maximum Gasteiger partial charge on any atom is 0.191 e. The summed E-state index contributed by atoms with van der Waals surface area (Å²) >= 11 is 3.50. The summed E-state index contributed by atoms with van der Waals surface area (Å²) < 4.78 is 6.26. The fourth-order valence-corrected chi connectivity index (χ4v) is 4.75. The number of halogens is 1. The van der Waals surface area contributed by atoms with Crippen LogP contribution in [0.4, 0.5) is 0 Å². The molecule has 0 fully saturated rings. The van der Waals surface area contributed by atoms with Gasteiger partial charge in [0.05, 0.1) is 0 Å². The fourth-order valence-electron chi connectivity index (χ4n) is 3.27. The zero-order valence-electron chi connectivity index (χ0n) is 20.7. The predicted octanol–water partition coefficient (Wildman–Crippen LogP) is 10.2. The monoisotopic (exact) mass is 488 g/mol. The quantitative estimate of drug-likeness (QED) is 0.0715. The number of unbranched alkanes of at least 4 members (excludes halogenated alkanes) is 14. The van der Waals surface area contributed by atoms with E-state index in [1.54, 1.807) is 0 Å². The van der Waals surface area contributed by atoms with Crippen molar-refractivity contribution in [2.45, 2.75) is 142 Å². The van der Waals surface area contributed by atoms with Gasteiger partial charge >= 0.3 is 0 Å². The standard InChI is InChI=1S/C26H53BrOSi/c1-26(2,3)29(4,5)28-25-23-21-19-17-15-13-11-9-7-6-8-10-12-14-16-18-20-22-24-27/h8,10H,6-7,9,11-25H2,1-5H3. The largest absolute Gasteiger partial charge is 0.417 e. The molecule has 0 aliphatic carbocycles. The van der Waals surface area contributed by atoms with Crippen molar-refractivity contribution in [1.82, 2.24) is 0 Å². The van der Waals surface area contributed by atoms with Gasteiger partial charge < -0.3 is 4.43 Å². The summed E-state index contributed by atoms with van der Waals surface area (Å²) in [6.07, 6.45) is 26.8. The van der Waals surface area contributed by atoms with E-state index in [1.807, 2.05) is 0 Å². The molecule has 3 heteroatoms. The molecule has 0 aromatic heterocycles. The summed E-state index contributed by atoms with van der Waals surface area (Å²) in [5.74, 6) is 0. The molecule has 0 bridgehead atoms. The van der Waals surface area contributed by atoms with E-state index in [1.165, 1.54) is 108 Å². The zero-order chi connectivity index (χ0) is 21.8. The molecule has 0 atom stereocenters. The summed E-state index contributed by atoms with van der Waals surface area (Å²) in [4.78, 5) is 0. The second-order valence-electron chi connectivity index (χ2n) is 10.3. The Morgan fingerprint density at radius 3 is 1.41 bits per heavy atom. The lowest BCUT2D eigenvalue weighted by Crippen LogP contribution is -2.40. The van der Waals surface area contributed by atoms with Gasteiger partial charge in [0.1, 0.15) is 0 Å². The highest BCUT2D eigenvalue weighted by atomic mass is 79.9. The van der Waals surface area contributed by atoms with Gasteiger partial charge in [-0.25, -0.2) is 0 Å². The molecule has 0 N–H and O–H groups in total. The molecule has 1 nitrogen and oxygen atoms in total. The van der Waals surface area contributed by atoms with Crippen LogP contribution in [0.3, 0.4) is 0 Å². The van der Waals surface area contributed by atoms with Crippen molar-refractivity contribution in [1.29, 1.82) is 0 Å². The van der Waals surface area contributed by atoms with Crippen molar-refractivity contribution in [3.8, 4) is 0 Å². The Kier molecular flexibility index (Phi) is 19.4. The van der Waals surface area contributed by atoms with Crippen molar-refractivity contribution in [2.75, 3.05) is 11.9 Å². The maximum absolute atomic E-state index is 6.26. The van der Waals surface area contributed by atoms with Crippen LogP contribution in [0.25, 0.3) is 0 Å². The molecule has 0 aliphatic rings. The molecule has 0 saturated carbocycles. The Hall–Kier alpha value is 0.397. The zero-order valence-corrected chi connectivity index (χ0v) is 23.3. The van der Waals surface area contributed by atoms with Crippen molar-refractivity contribution < 1.29 is 4.43 Å². The van der Waals surface area contributed by atoms with Crippen LogP contribution >= 0.6 is 15.9 Å². The van der Waals surface area contributed by atoms with Crippen molar-refractivity contribution >= 4 is 24.2 Å². The molecule has 0 heterocycles. The number of rotatable bonds is 20. The van der Waals surface area contributed by atoms with Crippen LogP contribution in [-0.2, 0) is 4.43 Å². The molecule has 0 unspecified atom stereocenters. The fraction of sp³-hybridized carbons (Fsp3) is 0.923. The number of alkyl halides is 1. The second kappa shape index (κ2) is 19.1. The van der Waals surface area contributed by atoms with Crippen LogP contribution in [0.2, 0.25) is 18.1 Å². The number of allylic oxidation sites excluding steroid dienone is 2. The van der Waals surface area contributed by atoms with Gasteiger partial charge in [-0.3, -0.25) is 0 Å². The van der Waals surface area contributed by atoms with Gasteiger partial charge in [0.15, 0.2) is 8.32 Å². The maximum atomic E-state index is 6.26. The predicted molar refractivity (Wildman–Crippen MR) is 140 cm³/mol. The highest BCUT2D eigenvalue weighted by Crippen LogP contribution is 2.36. The molecule has 0 radical (unpaired) electrons. The SMILES string of the molecule is CC(C)(C)[Si](C)(C)OCCCCCCCCCCCC=CCCCCCCCBr. The Bertz CT molecular complexity index is 373. The van der Waals surface area contributed by atoms with E-state index in [2.05, 4.69) is 61.9 Å². The van der Waals surface area contributed by atoms with Crippen LogP contribution in [0.15, 0.2) is 12.2 Å². The smallest absolute Gasteiger partial charge is 0.191 e. The Labute approximate surface area is 194 Å². The molecular weight excluding hydrogens is 436 g/mol. The van der Waals surface area contributed by atoms with Gasteiger partial charge in [0.2, 0.25) is 0 Å². The molecule has 0 rings (SSSR count). The van der Waals surface area contributed by atoms with Gasteiger partial charge in [-0.1, -0.05) is 113 Å². The third kappa shape index (κ3) is 18.9. The summed E-state index contributed by atoms with van der Waals surface area (Å²) in [6.45, 7) is 12.7. The Morgan fingerprint density at radius 1 is 0.621 bits per heavy atom. The second-order valence-corrected chi connectivity index (χ2v) is 15.9. The average Bonchev–Trinajstić information content (AvgIpc) is 2.65. The molecule has 0 saturated heterocycles.